The van der Waals surface area contributed by atoms with Crippen LogP contribution in [-0.2, 0) is 10.0 Å². The van der Waals surface area contributed by atoms with Crippen molar-refractivity contribution in [3.8, 4) is 11.5 Å². The summed E-state index contributed by atoms with van der Waals surface area (Å²) in [6.07, 6.45) is 0.691. The lowest BCUT2D eigenvalue weighted by Crippen LogP contribution is -2.28. The number of benzene rings is 2. The molecule has 0 saturated heterocycles. The van der Waals surface area contributed by atoms with Crippen molar-refractivity contribution in [1.82, 2.24) is 4.72 Å². The number of hydrogen-bond acceptors (Lipinski definition) is 5. The van der Waals surface area contributed by atoms with Crippen LogP contribution in [0.5, 0.6) is 11.5 Å². The fourth-order valence-electron chi connectivity index (χ4n) is 2.66. The second-order valence-corrected chi connectivity index (χ2v) is 7.72. The average molecular weight is 378 g/mol. The van der Waals surface area contributed by atoms with Crippen molar-refractivity contribution in [2.24, 2.45) is 0 Å². The second-order valence-electron chi connectivity index (χ2n) is 5.98. The first-order valence-corrected chi connectivity index (χ1v) is 9.86. The van der Waals surface area contributed by atoms with Crippen molar-refractivity contribution in [2.45, 2.75) is 18.2 Å². The highest BCUT2D eigenvalue weighted by molar-refractivity contribution is 7.89. The second kappa shape index (κ2) is 8.91. The minimum atomic E-state index is -3.62. The third kappa shape index (κ3) is 4.89. The van der Waals surface area contributed by atoms with Gasteiger partial charge in [0.25, 0.3) is 0 Å². The van der Waals surface area contributed by atoms with Gasteiger partial charge in [-0.05, 0) is 37.1 Å². The summed E-state index contributed by atoms with van der Waals surface area (Å²) < 4.78 is 38.3. The van der Waals surface area contributed by atoms with Crippen molar-refractivity contribution < 1.29 is 17.9 Å². The van der Waals surface area contributed by atoms with Gasteiger partial charge in [0.05, 0.1) is 19.1 Å². The zero-order chi connectivity index (χ0) is 19.2. The number of ether oxygens (including phenoxy) is 2. The highest BCUT2D eigenvalue weighted by Crippen LogP contribution is 2.32. The lowest BCUT2D eigenvalue weighted by Gasteiger charge is -2.19. The van der Waals surface area contributed by atoms with E-state index in [9.17, 15) is 8.42 Å². The van der Waals surface area contributed by atoms with Crippen LogP contribution in [-0.4, -0.2) is 42.8 Å². The summed E-state index contributed by atoms with van der Waals surface area (Å²) in [6.45, 7) is 2.84. The minimum Gasteiger partial charge on any atom is -0.493 e. The largest absolute Gasteiger partial charge is 0.493 e. The highest BCUT2D eigenvalue weighted by atomic mass is 32.2. The normalized spacial score (nSPS) is 11.2. The van der Waals surface area contributed by atoms with Gasteiger partial charge in [0.1, 0.15) is 0 Å². The molecule has 0 aliphatic rings. The van der Waals surface area contributed by atoms with Crippen molar-refractivity contribution >= 4 is 15.7 Å². The number of nitrogens with zero attached hydrogens (tertiary/aromatic N) is 1. The number of rotatable bonds is 9. The predicted octanol–water partition coefficient (Wildman–Crippen LogP) is 2.82. The average Bonchev–Trinajstić information content (AvgIpc) is 2.65. The molecule has 0 saturated carbocycles. The van der Waals surface area contributed by atoms with E-state index < -0.39 is 10.0 Å². The predicted molar refractivity (Wildman–Crippen MR) is 104 cm³/mol. The maximum atomic E-state index is 12.6. The SMILES string of the molecule is COc1cc(C)c(S(=O)(=O)NCCCN(C)c2ccccc2)cc1OC. The molecule has 6 nitrogen and oxygen atoms in total. The van der Waals surface area contributed by atoms with E-state index in [-0.39, 0.29) is 4.90 Å². The zero-order valence-electron chi connectivity index (χ0n) is 15.7. The molecule has 142 valence electrons. The summed E-state index contributed by atoms with van der Waals surface area (Å²) in [5.74, 6) is 0.899. The molecular formula is C19H26N2O4S. The standard InChI is InChI=1S/C19H26N2O4S/c1-15-13-17(24-3)18(25-4)14-19(15)26(22,23)20-11-8-12-21(2)16-9-6-5-7-10-16/h5-7,9-10,13-14,20H,8,11-12H2,1-4H3. The maximum absolute atomic E-state index is 12.6. The van der Waals surface area contributed by atoms with Crippen LogP contribution < -0.4 is 19.1 Å². The Balaban J connectivity index is 1.99. The lowest BCUT2D eigenvalue weighted by molar-refractivity contribution is 0.353. The van der Waals surface area contributed by atoms with Crippen LogP contribution in [0, 0.1) is 6.92 Å². The summed E-state index contributed by atoms with van der Waals surface area (Å²) >= 11 is 0. The first-order chi connectivity index (χ1) is 12.4. The summed E-state index contributed by atoms with van der Waals surface area (Å²) in [5, 5.41) is 0. The molecule has 0 aliphatic heterocycles. The molecule has 7 heteroatoms. The molecule has 0 atom stereocenters. The zero-order valence-corrected chi connectivity index (χ0v) is 16.5. The molecule has 0 spiro atoms. The molecule has 2 aromatic rings. The summed E-state index contributed by atoms with van der Waals surface area (Å²) in [7, 11) is 1.38. The van der Waals surface area contributed by atoms with Crippen LogP contribution in [0.4, 0.5) is 5.69 Å². The van der Waals surface area contributed by atoms with Crippen LogP contribution in [0.1, 0.15) is 12.0 Å². The third-order valence-electron chi connectivity index (χ3n) is 4.13. The minimum absolute atomic E-state index is 0.201. The Morgan fingerprint density at radius 3 is 2.27 bits per heavy atom. The van der Waals surface area contributed by atoms with Gasteiger partial charge in [-0.15, -0.1) is 0 Å². The smallest absolute Gasteiger partial charge is 0.240 e. The first kappa shape index (κ1) is 20.1. The Bertz CT molecular complexity index is 823. The van der Waals surface area contributed by atoms with Crippen LogP contribution in [0.2, 0.25) is 0 Å². The van der Waals surface area contributed by atoms with E-state index in [1.165, 1.54) is 20.3 Å². The van der Waals surface area contributed by atoms with Crippen LogP contribution in [0.3, 0.4) is 0 Å². The Hall–Kier alpha value is -2.25. The van der Waals surface area contributed by atoms with E-state index in [1.807, 2.05) is 37.4 Å². The highest BCUT2D eigenvalue weighted by Gasteiger charge is 2.20. The molecule has 0 heterocycles. The Labute approximate surface area is 155 Å². The summed E-state index contributed by atoms with van der Waals surface area (Å²) in [6, 6.07) is 13.1. The number of hydrogen-bond donors (Lipinski definition) is 1. The summed E-state index contributed by atoms with van der Waals surface area (Å²) in [4.78, 5) is 2.29. The topological polar surface area (TPSA) is 67.9 Å². The summed E-state index contributed by atoms with van der Waals surface area (Å²) in [5.41, 5.74) is 1.71. The number of methoxy groups -OCH3 is 2. The fraction of sp³-hybridized carbons (Fsp3) is 0.368. The number of anilines is 1. The van der Waals surface area contributed by atoms with Gasteiger partial charge in [-0.3, -0.25) is 0 Å². The molecule has 1 N–H and O–H groups in total. The van der Waals surface area contributed by atoms with Gasteiger partial charge in [0, 0.05) is 31.9 Å². The van der Waals surface area contributed by atoms with Crippen molar-refractivity contribution in [3.63, 3.8) is 0 Å². The molecule has 0 amide bonds. The van der Waals surface area contributed by atoms with Gasteiger partial charge < -0.3 is 14.4 Å². The Morgan fingerprint density at radius 2 is 1.65 bits per heavy atom. The van der Waals surface area contributed by atoms with Crippen molar-refractivity contribution in [1.29, 1.82) is 0 Å². The van der Waals surface area contributed by atoms with Gasteiger partial charge in [0.2, 0.25) is 10.0 Å². The molecule has 0 bridgehead atoms. The molecule has 0 radical (unpaired) electrons. The molecule has 26 heavy (non-hydrogen) atoms. The van der Waals surface area contributed by atoms with Crippen molar-refractivity contribution in [3.05, 3.63) is 48.0 Å². The van der Waals surface area contributed by atoms with Crippen molar-refractivity contribution in [2.75, 3.05) is 39.3 Å². The molecule has 0 unspecified atom stereocenters. The van der Waals surface area contributed by atoms with Gasteiger partial charge in [-0.25, -0.2) is 13.1 Å². The molecular weight excluding hydrogens is 352 g/mol. The van der Waals surface area contributed by atoms with Gasteiger partial charge in [-0.2, -0.15) is 0 Å². The van der Waals surface area contributed by atoms with Crippen LogP contribution >= 0.6 is 0 Å². The first-order valence-electron chi connectivity index (χ1n) is 8.37. The van der Waals surface area contributed by atoms with Crippen LogP contribution in [0.15, 0.2) is 47.4 Å². The molecule has 0 aromatic heterocycles. The quantitative estimate of drug-likeness (QED) is 0.680. The molecule has 0 aliphatic carbocycles. The monoisotopic (exact) mass is 378 g/mol. The van der Waals surface area contributed by atoms with E-state index in [4.69, 9.17) is 9.47 Å². The van der Waals surface area contributed by atoms with Crippen LogP contribution in [0.25, 0.3) is 0 Å². The fourth-order valence-corrected chi connectivity index (χ4v) is 3.98. The third-order valence-corrected chi connectivity index (χ3v) is 5.73. The van der Waals surface area contributed by atoms with Gasteiger partial charge in [0.15, 0.2) is 11.5 Å². The number of sulfonamides is 1. The Morgan fingerprint density at radius 1 is 1.04 bits per heavy atom. The van der Waals surface area contributed by atoms with E-state index in [1.54, 1.807) is 13.0 Å². The van der Waals surface area contributed by atoms with Gasteiger partial charge >= 0.3 is 0 Å². The van der Waals surface area contributed by atoms with E-state index in [0.29, 0.717) is 30.0 Å². The van der Waals surface area contributed by atoms with E-state index in [2.05, 4.69) is 9.62 Å². The Kier molecular flexibility index (Phi) is 6.88. The lowest BCUT2D eigenvalue weighted by atomic mass is 10.2. The number of nitrogens with one attached hydrogen (secondary N) is 1. The van der Waals surface area contributed by atoms with Gasteiger partial charge in [-0.1, -0.05) is 18.2 Å². The molecule has 0 fully saturated rings. The molecule has 2 rings (SSSR count). The van der Waals surface area contributed by atoms with E-state index in [0.717, 1.165) is 12.2 Å². The number of aryl methyl sites for hydroxylation is 1. The molecule has 2 aromatic carbocycles. The number of para-hydroxylation sites is 1. The maximum Gasteiger partial charge on any atom is 0.240 e. The van der Waals surface area contributed by atoms with E-state index >= 15 is 0 Å².